The molecule has 6 heteroatoms. The van der Waals surface area contributed by atoms with Crippen LogP contribution in [-0.4, -0.2) is 36.5 Å². The molecule has 0 aliphatic carbocycles. The van der Waals surface area contributed by atoms with E-state index < -0.39 is 0 Å². The minimum atomic E-state index is -0.0145. The average molecular weight is 376 g/mol. The molecule has 1 aliphatic rings. The van der Waals surface area contributed by atoms with Crippen LogP contribution in [0.3, 0.4) is 0 Å². The number of likely N-dealkylation sites (tertiary alicyclic amines) is 1. The lowest BCUT2D eigenvalue weighted by molar-refractivity contribution is -0.135. The number of halogens is 2. The van der Waals surface area contributed by atoms with Crippen LogP contribution in [0.2, 0.25) is 5.02 Å². The molecule has 2 atom stereocenters. The van der Waals surface area contributed by atoms with Crippen molar-refractivity contribution in [3.8, 4) is 5.75 Å². The zero-order valence-corrected chi connectivity index (χ0v) is 14.4. The van der Waals surface area contributed by atoms with Gasteiger partial charge in [0.05, 0.1) is 5.02 Å². The van der Waals surface area contributed by atoms with Crippen molar-refractivity contribution in [3.63, 3.8) is 0 Å². The highest BCUT2D eigenvalue weighted by molar-refractivity contribution is 9.10. The van der Waals surface area contributed by atoms with Crippen LogP contribution in [-0.2, 0) is 4.79 Å². The summed E-state index contributed by atoms with van der Waals surface area (Å²) in [7, 11) is 0. The molecule has 21 heavy (non-hydrogen) atoms. The maximum Gasteiger partial charge on any atom is 0.260 e. The van der Waals surface area contributed by atoms with E-state index in [1.807, 2.05) is 17.9 Å². The van der Waals surface area contributed by atoms with Gasteiger partial charge in [-0.15, -0.1) is 0 Å². The van der Waals surface area contributed by atoms with Crippen molar-refractivity contribution in [2.24, 2.45) is 11.7 Å². The molecule has 2 N–H and O–H groups in total. The second-order valence-electron chi connectivity index (χ2n) is 5.46. The van der Waals surface area contributed by atoms with Crippen LogP contribution in [0.1, 0.15) is 19.8 Å². The molecule has 0 radical (unpaired) electrons. The van der Waals surface area contributed by atoms with Crippen molar-refractivity contribution in [3.05, 3.63) is 27.7 Å². The van der Waals surface area contributed by atoms with Crippen molar-refractivity contribution < 1.29 is 9.53 Å². The molecule has 116 valence electrons. The first-order valence-corrected chi connectivity index (χ1v) is 8.25. The summed E-state index contributed by atoms with van der Waals surface area (Å²) in [6, 6.07) is 5.44. The zero-order chi connectivity index (χ0) is 15.4. The van der Waals surface area contributed by atoms with Crippen LogP contribution < -0.4 is 10.5 Å². The molecule has 0 aromatic heterocycles. The highest BCUT2D eigenvalue weighted by Gasteiger charge is 2.26. The lowest BCUT2D eigenvalue weighted by Crippen LogP contribution is -2.46. The van der Waals surface area contributed by atoms with E-state index in [9.17, 15) is 4.79 Å². The SMILES string of the molecule is C[C@@H](N)[C@H]1CCCN(C(=O)COc2ccc(Br)cc2Cl)C1. The molecule has 1 aliphatic heterocycles. The van der Waals surface area contributed by atoms with Gasteiger partial charge in [0, 0.05) is 23.6 Å². The highest BCUT2D eigenvalue weighted by atomic mass is 79.9. The Hall–Kier alpha value is -0.780. The summed E-state index contributed by atoms with van der Waals surface area (Å²) in [5.41, 5.74) is 5.94. The Balaban J connectivity index is 1.89. The third kappa shape index (κ3) is 4.59. The number of rotatable bonds is 4. The first-order chi connectivity index (χ1) is 9.97. The third-order valence-corrected chi connectivity index (χ3v) is 4.59. The van der Waals surface area contributed by atoms with Gasteiger partial charge in [-0.05, 0) is 43.9 Å². The highest BCUT2D eigenvalue weighted by Crippen LogP contribution is 2.28. The fraction of sp³-hybridized carbons (Fsp3) is 0.533. The van der Waals surface area contributed by atoms with Crippen molar-refractivity contribution in [1.29, 1.82) is 0 Å². The van der Waals surface area contributed by atoms with Crippen molar-refractivity contribution in [2.75, 3.05) is 19.7 Å². The maximum atomic E-state index is 12.2. The number of amides is 1. The van der Waals surface area contributed by atoms with E-state index in [0.29, 0.717) is 23.2 Å². The van der Waals surface area contributed by atoms with Gasteiger partial charge in [-0.3, -0.25) is 4.79 Å². The molecule has 1 aromatic carbocycles. The topological polar surface area (TPSA) is 55.6 Å². The van der Waals surface area contributed by atoms with Gasteiger partial charge in [0.2, 0.25) is 0 Å². The zero-order valence-electron chi connectivity index (χ0n) is 12.0. The number of benzene rings is 1. The summed E-state index contributed by atoms with van der Waals surface area (Å²) in [6.07, 6.45) is 2.08. The average Bonchev–Trinajstić information content (AvgIpc) is 2.46. The van der Waals surface area contributed by atoms with Crippen LogP contribution in [0, 0.1) is 5.92 Å². The van der Waals surface area contributed by atoms with E-state index in [-0.39, 0.29) is 18.6 Å². The van der Waals surface area contributed by atoms with Crippen LogP contribution in [0.5, 0.6) is 5.75 Å². The number of nitrogens with two attached hydrogens (primary N) is 1. The van der Waals surface area contributed by atoms with Crippen LogP contribution in [0.4, 0.5) is 0 Å². The van der Waals surface area contributed by atoms with Gasteiger partial charge in [0.25, 0.3) is 5.91 Å². The van der Waals surface area contributed by atoms with E-state index in [4.69, 9.17) is 22.1 Å². The number of nitrogens with zero attached hydrogens (tertiary/aromatic N) is 1. The first-order valence-electron chi connectivity index (χ1n) is 7.08. The Morgan fingerprint density at radius 3 is 3.05 bits per heavy atom. The van der Waals surface area contributed by atoms with Gasteiger partial charge < -0.3 is 15.4 Å². The fourth-order valence-electron chi connectivity index (χ4n) is 2.49. The van der Waals surface area contributed by atoms with E-state index in [1.54, 1.807) is 12.1 Å². The molecule has 1 aromatic rings. The number of hydrogen-bond acceptors (Lipinski definition) is 3. The summed E-state index contributed by atoms with van der Waals surface area (Å²) in [5.74, 6) is 0.882. The number of ether oxygens (including phenoxy) is 1. The number of piperidine rings is 1. The molecule has 0 bridgehead atoms. The lowest BCUT2D eigenvalue weighted by atomic mass is 9.92. The molecule has 0 spiro atoms. The van der Waals surface area contributed by atoms with Crippen molar-refractivity contribution in [1.82, 2.24) is 4.90 Å². The van der Waals surface area contributed by atoms with E-state index in [1.165, 1.54) is 0 Å². The van der Waals surface area contributed by atoms with Crippen LogP contribution in [0.25, 0.3) is 0 Å². The minimum absolute atomic E-state index is 0.00697. The first kappa shape index (κ1) is 16.6. The largest absolute Gasteiger partial charge is 0.482 e. The van der Waals surface area contributed by atoms with Crippen molar-refractivity contribution >= 4 is 33.4 Å². The second-order valence-corrected chi connectivity index (χ2v) is 6.79. The molecule has 1 amide bonds. The van der Waals surface area contributed by atoms with Crippen molar-refractivity contribution in [2.45, 2.75) is 25.8 Å². The van der Waals surface area contributed by atoms with Crippen LogP contribution in [0.15, 0.2) is 22.7 Å². The Morgan fingerprint density at radius 1 is 1.62 bits per heavy atom. The molecule has 0 unspecified atom stereocenters. The maximum absolute atomic E-state index is 12.2. The smallest absolute Gasteiger partial charge is 0.260 e. The van der Waals surface area contributed by atoms with Gasteiger partial charge in [-0.1, -0.05) is 27.5 Å². The lowest BCUT2D eigenvalue weighted by Gasteiger charge is -2.34. The second kappa shape index (κ2) is 7.47. The summed E-state index contributed by atoms with van der Waals surface area (Å²) in [5, 5.41) is 0.490. The standard InChI is InChI=1S/C15H20BrClN2O2/c1-10(18)11-3-2-6-19(8-11)15(20)9-21-14-5-4-12(16)7-13(14)17/h4-5,7,10-11H,2-3,6,8-9,18H2,1H3/t10-,11+/m1/s1. The summed E-state index contributed by atoms with van der Waals surface area (Å²) in [4.78, 5) is 14.1. The number of carbonyl (C=O) groups excluding carboxylic acids is 1. The van der Waals surface area contributed by atoms with Crippen LogP contribution >= 0.6 is 27.5 Å². The molecule has 1 fully saturated rings. The fourth-order valence-corrected chi connectivity index (χ4v) is 3.22. The van der Waals surface area contributed by atoms with Gasteiger partial charge in [0.15, 0.2) is 6.61 Å². The quantitative estimate of drug-likeness (QED) is 0.880. The number of hydrogen-bond donors (Lipinski definition) is 1. The van der Waals surface area contributed by atoms with E-state index in [2.05, 4.69) is 15.9 Å². The molecular weight excluding hydrogens is 356 g/mol. The Labute approximate surface area is 138 Å². The van der Waals surface area contributed by atoms with Gasteiger partial charge in [0.1, 0.15) is 5.75 Å². The minimum Gasteiger partial charge on any atom is -0.482 e. The normalized spacial score (nSPS) is 20.2. The summed E-state index contributed by atoms with van der Waals surface area (Å²) in [6.45, 7) is 3.50. The molecule has 1 saturated heterocycles. The molecule has 0 saturated carbocycles. The van der Waals surface area contributed by atoms with E-state index >= 15 is 0 Å². The van der Waals surface area contributed by atoms with Gasteiger partial charge in [-0.2, -0.15) is 0 Å². The van der Waals surface area contributed by atoms with Gasteiger partial charge in [-0.25, -0.2) is 0 Å². The predicted octanol–water partition coefficient (Wildman–Crippen LogP) is 3.07. The molecule has 4 nitrogen and oxygen atoms in total. The molecule has 1 heterocycles. The third-order valence-electron chi connectivity index (χ3n) is 3.80. The summed E-state index contributed by atoms with van der Waals surface area (Å²) < 4.78 is 6.40. The monoisotopic (exact) mass is 374 g/mol. The Morgan fingerprint density at radius 2 is 2.38 bits per heavy atom. The number of carbonyl (C=O) groups is 1. The van der Waals surface area contributed by atoms with E-state index in [0.717, 1.165) is 23.9 Å². The Bertz CT molecular complexity index is 510. The summed E-state index contributed by atoms with van der Waals surface area (Å²) >= 11 is 9.40. The predicted molar refractivity (Wildman–Crippen MR) is 87.6 cm³/mol. The van der Waals surface area contributed by atoms with Gasteiger partial charge >= 0.3 is 0 Å². The molecular formula is C15H20BrClN2O2. The molecule has 2 rings (SSSR count). The Kier molecular flexibility index (Phi) is 5.90.